The molecule has 2 aromatic carbocycles. The summed E-state index contributed by atoms with van der Waals surface area (Å²) in [5, 5.41) is 5.55. The molecule has 4 aromatic rings. The predicted molar refractivity (Wildman–Crippen MR) is 149 cm³/mol. The van der Waals surface area contributed by atoms with Gasteiger partial charge < -0.3 is 9.64 Å². The van der Waals surface area contributed by atoms with Crippen LogP contribution < -0.4 is 9.64 Å². The van der Waals surface area contributed by atoms with Gasteiger partial charge in [0.15, 0.2) is 5.65 Å². The Labute approximate surface area is 236 Å². The summed E-state index contributed by atoms with van der Waals surface area (Å²) in [5.41, 5.74) is 5.65. The molecule has 6 rings (SSSR count). The van der Waals surface area contributed by atoms with Gasteiger partial charge in [0.2, 0.25) is 0 Å². The highest BCUT2D eigenvalue weighted by atomic mass is 35.5. The third kappa shape index (κ3) is 5.29. The van der Waals surface area contributed by atoms with Crippen LogP contribution in [0.3, 0.4) is 0 Å². The minimum Gasteiger partial charge on any atom is -0.497 e. The van der Waals surface area contributed by atoms with Crippen LogP contribution in [0, 0.1) is 12.8 Å². The van der Waals surface area contributed by atoms with Crippen LogP contribution in [0.15, 0.2) is 42.5 Å². The van der Waals surface area contributed by atoms with Crippen LogP contribution in [0.5, 0.6) is 5.75 Å². The molecule has 0 unspecified atom stereocenters. The van der Waals surface area contributed by atoms with Gasteiger partial charge in [-0.2, -0.15) is 22.8 Å². The van der Waals surface area contributed by atoms with E-state index in [1.54, 1.807) is 19.2 Å². The van der Waals surface area contributed by atoms with Crippen molar-refractivity contribution in [1.29, 1.82) is 0 Å². The van der Waals surface area contributed by atoms with Gasteiger partial charge in [-0.15, -0.1) is 12.4 Å². The molecule has 39 heavy (non-hydrogen) atoms. The highest BCUT2D eigenvalue weighted by molar-refractivity contribution is 6.33. The van der Waals surface area contributed by atoms with Crippen LogP contribution in [0.25, 0.3) is 16.8 Å². The Morgan fingerprint density at radius 1 is 1.10 bits per heavy atom. The number of hydrogen-bond donors (Lipinski definition) is 0. The molecular weight excluding hydrogens is 548 g/mol. The van der Waals surface area contributed by atoms with Crippen LogP contribution >= 0.6 is 24.0 Å². The number of aromatic nitrogens is 3. The summed E-state index contributed by atoms with van der Waals surface area (Å²) >= 11 is 6.65. The second kappa shape index (κ2) is 10.5. The smallest absolute Gasteiger partial charge is 0.416 e. The van der Waals surface area contributed by atoms with Crippen molar-refractivity contribution >= 4 is 35.5 Å². The molecule has 0 N–H and O–H groups in total. The van der Waals surface area contributed by atoms with E-state index in [1.807, 2.05) is 29.6 Å². The van der Waals surface area contributed by atoms with Crippen molar-refractivity contribution in [3.8, 4) is 16.9 Å². The normalized spacial score (nSPS) is 14.8. The summed E-state index contributed by atoms with van der Waals surface area (Å²) in [7, 11) is 1.62. The molecular formula is C29H29Cl2F3N4O. The zero-order valence-corrected chi connectivity index (χ0v) is 23.3. The lowest BCUT2D eigenvalue weighted by Gasteiger charge is -2.28. The van der Waals surface area contributed by atoms with Gasteiger partial charge in [-0.3, -0.25) is 0 Å². The predicted octanol–water partition coefficient (Wildman–Crippen LogP) is 7.71. The molecule has 2 aromatic heterocycles. The van der Waals surface area contributed by atoms with Gasteiger partial charge in [-0.05, 0) is 80.8 Å². The number of fused-ring (bicyclic) bond motifs is 2. The second-order valence-corrected chi connectivity index (χ2v) is 10.7. The van der Waals surface area contributed by atoms with Crippen molar-refractivity contribution in [2.45, 2.75) is 51.7 Å². The van der Waals surface area contributed by atoms with E-state index in [0.29, 0.717) is 23.2 Å². The number of hydrogen-bond acceptors (Lipinski definition) is 4. The number of alkyl halides is 3. The number of nitrogens with zero attached hydrogens (tertiary/aromatic N) is 4. The third-order valence-electron chi connectivity index (χ3n) is 7.51. The van der Waals surface area contributed by atoms with Crippen LogP contribution in [0.1, 0.15) is 47.3 Å². The Bertz CT molecular complexity index is 1510. The van der Waals surface area contributed by atoms with Gasteiger partial charge in [0.1, 0.15) is 11.6 Å². The number of benzene rings is 2. The number of anilines is 1. The minimum absolute atomic E-state index is 0. The van der Waals surface area contributed by atoms with Crippen molar-refractivity contribution in [1.82, 2.24) is 14.6 Å². The average molecular weight is 577 g/mol. The molecule has 2 heterocycles. The van der Waals surface area contributed by atoms with Crippen LogP contribution in [0.4, 0.5) is 19.0 Å². The fraction of sp³-hybridized carbons (Fsp3) is 0.379. The highest BCUT2D eigenvalue weighted by Crippen LogP contribution is 2.41. The summed E-state index contributed by atoms with van der Waals surface area (Å²) in [4.78, 5) is 7.38. The van der Waals surface area contributed by atoms with Crippen LogP contribution in [-0.2, 0) is 25.6 Å². The second-order valence-electron chi connectivity index (χ2n) is 10.3. The number of aryl methyl sites for hydroxylation is 2. The monoisotopic (exact) mass is 576 g/mol. The molecule has 0 amide bonds. The van der Waals surface area contributed by atoms with Crippen molar-refractivity contribution in [2.24, 2.45) is 5.92 Å². The summed E-state index contributed by atoms with van der Waals surface area (Å²) in [6.07, 6.45) is 0.746. The SMILES string of the molecule is COc1ccc(Cl)c(-c2c(C)nn3c(N(Cc4ccc(C(F)(F)F)cc4)CC4CC4)c4c(nc23)CCC4)c1.Cl. The Hall–Kier alpha value is -2.97. The Morgan fingerprint density at radius 3 is 2.51 bits per heavy atom. The van der Waals surface area contributed by atoms with E-state index in [9.17, 15) is 13.2 Å². The molecule has 206 valence electrons. The first kappa shape index (κ1) is 27.6. The molecule has 10 heteroatoms. The standard InChI is InChI=1S/C29H28ClF3N4O.ClH/c1-17-26(23-14-21(38-2)12-13-24(23)30)27-34-25-5-3-4-22(25)28(37(27)35-17)36(15-18-6-7-18)16-19-8-10-20(11-9-19)29(31,32)33;/h8-14,18H,3-7,15-16H2,1-2H3;1H. The zero-order valence-electron chi connectivity index (χ0n) is 21.7. The Balaban J connectivity index is 0.00000308. The maximum absolute atomic E-state index is 13.2. The Morgan fingerprint density at radius 2 is 1.85 bits per heavy atom. The van der Waals surface area contributed by atoms with Gasteiger partial charge >= 0.3 is 6.18 Å². The molecule has 1 fully saturated rings. The molecule has 2 aliphatic carbocycles. The van der Waals surface area contributed by atoms with Crippen molar-refractivity contribution in [2.75, 3.05) is 18.6 Å². The van der Waals surface area contributed by atoms with Gasteiger partial charge in [0.25, 0.3) is 0 Å². The van der Waals surface area contributed by atoms with Crippen LogP contribution in [0.2, 0.25) is 5.02 Å². The molecule has 0 radical (unpaired) electrons. The lowest BCUT2D eigenvalue weighted by atomic mass is 10.1. The minimum atomic E-state index is -4.35. The number of halogens is 5. The third-order valence-corrected chi connectivity index (χ3v) is 7.84. The Kier molecular flexibility index (Phi) is 7.46. The zero-order chi connectivity index (χ0) is 26.6. The van der Waals surface area contributed by atoms with E-state index in [0.717, 1.165) is 90.3 Å². The summed E-state index contributed by atoms with van der Waals surface area (Å²) in [6, 6.07) is 11.0. The summed E-state index contributed by atoms with van der Waals surface area (Å²) in [5.74, 6) is 2.25. The largest absolute Gasteiger partial charge is 0.497 e. The van der Waals surface area contributed by atoms with E-state index in [4.69, 9.17) is 26.4 Å². The highest BCUT2D eigenvalue weighted by Gasteiger charge is 2.32. The molecule has 0 atom stereocenters. The lowest BCUT2D eigenvalue weighted by Crippen LogP contribution is -2.29. The molecule has 0 spiro atoms. The maximum Gasteiger partial charge on any atom is 0.416 e. The quantitative estimate of drug-likeness (QED) is 0.226. The topological polar surface area (TPSA) is 42.7 Å². The lowest BCUT2D eigenvalue weighted by molar-refractivity contribution is -0.137. The first-order chi connectivity index (χ1) is 18.2. The fourth-order valence-corrected chi connectivity index (χ4v) is 5.65. The molecule has 1 saturated carbocycles. The van der Waals surface area contributed by atoms with Crippen LogP contribution in [-0.4, -0.2) is 28.3 Å². The molecule has 0 bridgehead atoms. The van der Waals surface area contributed by atoms with E-state index in [2.05, 4.69) is 4.90 Å². The van der Waals surface area contributed by atoms with Crippen molar-refractivity contribution in [3.63, 3.8) is 0 Å². The molecule has 0 saturated heterocycles. The molecule has 2 aliphatic rings. The fourth-order valence-electron chi connectivity index (χ4n) is 5.43. The molecule has 5 nitrogen and oxygen atoms in total. The number of ether oxygens (including phenoxy) is 1. The average Bonchev–Trinajstić information content (AvgIpc) is 3.47. The van der Waals surface area contributed by atoms with E-state index >= 15 is 0 Å². The maximum atomic E-state index is 13.2. The van der Waals surface area contributed by atoms with Gasteiger partial charge in [-0.25, -0.2) is 4.98 Å². The summed E-state index contributed by atoms with van der Waals surface area (Å²) < 4.78 is 46.9. The van der Waals surface area contributed by atoms with Crippen molar-refractivity contribution < 1.29 is 17.9 Å². The first-order valence-electron chi connectivity index (χ1n) is 12.9. The van der Waals surface area contributed by atoms with E-state index in [-0.39, 0.29) is 12.4 Å². The molecule has 0 aliphatic heterocycles. The van der Waals surface area contributed by atoms with E-state index < -0.39 is 11.7 Å². The number of rotatable bonds is 7. The van der Waals surface area contributed by atoms with Gasteiger partial charge in [-0.1, -0.05) is 23.7 Å². The summed E-state index contributed by atoms with van der Waals surface area (Å²) in [6.45, 7) is 3.27. The number of methoxy groups -OCH3 is 1. The van der Waals surface area contributed by atoms with E-state index in [1.165, 1.54) is 5.56 Å². The van der Waals surface area contributed by atoms with Gasteiger partial charge in [0.05, 0.1) is 23.9 Å². The van der Waals surface area contributed by atoms with Gasteiger partial charge in [0, 0.05) is 34.9 Å². The first-order valence-corrected chi connectivity index (χ1v) is 13.3. The van der Waals surface area contributed by atoms with Crippen molar-refractivity contribution in [3.05, 3.63) is 75.6 Å².